The number of nitrogens with zero attached hydrogens (tertiary/aromatic N) is 5. The summed E-state index contributed by atoms with van der Waals surface area (Å²) in [7, 11) is 0. The van der Waals surface area contributed by atoms with Crippen molar-refractivity contribution in [2.24, 2.45) is 0 Å². The molecule has 0 fully saturated rings. The Bertz CT molecular complexity index is 3180. The summed E-state index contributed by atoms with van der Waals surface area (Å²) in [5, 5.41) is 4.72. The Morgan fingerprint density at radius 3 is 1.55 bits per heavy atom. The fraction of sp³-hybridized carbons (Fsp3) is 0. The zero-order valence-electron chi connectivity index (χ0n) is 30.3. The molecule has 0 aliphatic carbocycles. The van der Waals surface area contributed by atoms with Gasteiger partial charge >= 0.3 is 0 Å². The van der Waals surface area contributed by atoms with Gasteiger partial charge in [0, 0.05) is 61.4 Å². The zero-order chi connectivity index (χ0) is 37.0. The molecule has 7 aromatic carbocycles. The Kier molecular flexibility index (Phi) is 7.42. The molecule has 0 N–H and O–H groups in total. The average Bonchev–Trinajstić information content (AvgIpc) is 3.79. The third-order valence-electron chi connectivity index (χ3n) is 10.8. The Labute approximate surface area is 323 Å². The number of hydrogen-bond acceptors (Lipinski definition) is 3. The monoisotopic (exact) mass is 715 g/mol. The average molecular weight is 716 g/mol. The van der Waals surface area contributed by atoms with E-state index < -0.39 is 0 Å². The van der Waals surface area contributed by atoms with E-state index in [4.69, 9.17) is 15.0 Å². The van der Waals surface area contributed by atoms with Crippen LogP contribution in [0.25, 0.3) is 100 Å². The van der Waals surface area contributed by atoms with Crippen LogP contribution >= 0.6 is 0 Å². The lowest BCUT2D eigenvalue weighted by Crippen LogP contribution is -1.98. The molecule has 0 bridgehead atoms. The molecular formula is C51H33N5. The highest BCUT2D eigenvalue weighted by Gasteiger charge is 2.18. The molecule has 0 amide bonds. The van der Waals surface area contributed by atoms with Crippen LogP contribution in [0.4, 0.5) is 0 Å². The van der Waals surface area contributed by atoms with Crippen LogP contribution in [0.5, 0.6) is 0 Å². The van der Waals surface area contributed by atoms with Crippen LogP contribution in [0, 0.1) is 0 Å². The quantitative estimate of drug-likeness (QED) is 0.172. The Morgan fingerprint density at radius 1 is 0.304 bits per heavy atom. The van der Waals surface area contributed by atoms with Gasteiger partial charge in [-0.1, -0.05) is 140 Å². The van der Waals surface area contributed by atoms with Crippen LogP contribution < -0.4 is 0 Å². The molecule has 0 spiro atoms. The van der Waals surface area contributed by atoms with Crippen LogP contribution in [0.3, 0.4) is 0 Å². The van der Waals surface area contributed by atoms with Crippen molar-refractivity contribution in [3.05, 3.63) is 200 Å². The van der Waals surface area contributed by atoms with Gasteiger partial charge in [-0.3, -0.25) is 4.98 Å². The standard InChI is InChI=1S/C51H33N5/c1-4-15-34(16-5-1)45-31-46(54-51(53-45)35-17-6-2-7-18-35)36-19-14-22-39(29-36)56-48-26-13-11-24-41(48)43-33-52-44(32-50(43)56)37-27-28-42-40-23-10-12-25-47(40)55(49(42)30-37)38-20-8-3-9-21-38/h1-33H. The minimum absolute atomic E-state index is 0.697. The van der Waals surface area contributed by atoms with Crippen LogP contribution in [-0.2, 0) is 0 Å². The molecular weight excluding hydrogens is 683 g/mol. The molecule has 0 aliphatic rings. The Balaban J connectivity index is 1.08. The molecule has 0 atom stereocenters. The second-order valence-electron chi connectivity index (χ2n) is 14.1. The van der Waals surface area contributed by atoms with Crippen LogP contribution in [-0.4, -0.2) is 24.1 Å². The van der Waals surface area contributed by atoms with Gasteiger partial charge in [-0.15, -0.1) is 0 Å². The van der Waals surface area contributed by atoms with Gasteiger partial charge in [0.1, 0.15) is 0 Å². The van der Waals surface area contributed by atoms with Gasteiger partial charge in [-0.2, -0.15) is 0 Å². The fourth-order valence-corrected chi connectivity index (χ4v) is 8.16. The van der Waals surface area contributed by atoms with E-state index >= 15 is 0 Å². The molecule has 0 aliphatic heterocycles. The van der Waals surface area contributed by atoms with E-state index in [0.29, 0.717) is 5.82 Å². The van der Waals surface area contributed by atoms with Gasteiger partial charge in [0.05, 0.1) is 39.1 Å². The van der Waals surface area contributed by atoms with Crippen LogP contribution in [0.2, 0.25) is 0 Å². The molecule has 56 heavy (non-hydrogen) atoms. The lowest BCUT2D eigenvalue weighted by atomic mass is 10.1. The van der Waals surface area contributed by atoms with E-state index in [1.807, 2.05) is 42.6 Å². The number of fused-ring (bicyclic) bond motifs is 6. The number of para-hydroxylation sites is 3. The Morgan fingerprint density at radius 2 is 0.821 bits per heavy atom. The molecule has 5 nitrogen and oxygen atoms in total. The van der Waals surface area contributed by atoms with E-state index in [-0.39, 0.29) is 0 Å². The lowest BCUT2D eigenvalue weighted by molar-refractivity contribution is 1.16. The highest BCUT2D eigenvalue weighted by molar-refractivity contribution is 6.11. The van der Waals surface area contributed by atoms with Crippen molar-refractivity contribution >= 4 is 43.6 Å². The topological polar surface area (TPSA) is 48.5 Å². The van der Waals surface area contributed by atoms with Crippen molar-refractivity contribution in [1.29, 1.82) is 0 Å². The number of rotatable bonds is 6. The maximum Gasteiger partial charge on any atom is 0.160 e. The van der Waals surface area contributed by atoms with Gasteiger partial charge in [-0.25, -0.2) is 9.97 Å². The van der Waals surface area contributed by atoms with Gasteiger partial charge in [0.15, 0.2) is 5.82 Å². The maximum absolute atomic E-state index is 5.14. The molecule has 11 rings (SSSR count). The summed E-state index contributed by atoms with van der Waals surface area (Å²) in [5.41, 5.74) is 13.5. The second-order valence-corrected chi connectivity index (χ2v) is 14.1. The fourth-order valence-electron chi connectivity index (χ4n) is 8.16. The van der Waals surface area contributed by atoms with E-state index in [1.54, 1.807) is 0 Å². The summed E-state index contributed by atoms with van der Waals surface area (Å²) in [6.07, 6.45) is 2.03. The molecule has 4 heterocycles. The predicted molar refractivity (Wildman–Crippen MR) is 230 cm³/mol. The smallest absolute Gasteiger partial charge is 0.160 e. The molecule has 0 saturated carbocycles. The minimum atomic E-state index is 0.697. The highest BCUT2D eigenvalue weighted by Crippen LogP contribution is 2.38. The summed E-state index contributed by atoms with van der Waals surface area (Å²) >= 11 is 0. The SMILES string of the molecule is c1ccc(-c2cc(-c3cccc(-n4c5ccccc5c5cnc(-c6ccc7c8ccccc8n(-c8ccccc8)c7c6)cc54)c3)nc(-c3ccccc3)n2)cc1. The first-order valence-corrected chi connectivity index (χ1v) is 18.9. The van der Waals surface area contributed by atoms with Crippen molar-refractivity contribution < 1.29 is 0 Å². The van der Waals surface area contributed by atoms with E-state index in [2.05, 4.69) is 167 Å². The number of benzene rings is 7. The summed E-state index contributed by atoms with van der Waals surface area (Å²) in [6.45, 7) is 0. The first-order chi connectivity index (χ1) is 27.8. The van der Waals surface area contributed by atoms with E-state index in [1.165, 1.54) is 16.3 Å². The Hall–Kier alpha value is -7.63. The van der Waals surface area contributed by atoms with Crippen molar-refractivity contribution in [2.75, 3.05) is 0 Å². The third-order valence-corrected chi connectivity index (χ3v) is 10.8. The summed E-state index contributed by atoms with van der Waals surface area (Å²) < 4.78 is 4.71. The van der Waals surface area contributed by atoms with Gasteiger partial charge in [0.25, 0.3) is 0 Å². The van der Waals surface area contributed by atoms with Crippen LogP contribution in [0.15, 0.2) is 200 Å². The van der Waals surface area contributed by atoms with Crippen molar-refractivity contribution in [3.63, 3.8) is 0 Å². The van der Waals surface area contributed by atoms with Gasteiger partial charge in [-0.05, 0) is 54.6 Å². The normalized spacial score (nSPS) is 11.6. The molecule has 0 unspecified atom stereocenters. The largest absolute Gasteiger partial charge is 0.309 e. The molecule has 5 heteroatoms. The second kappa shape index (κ2) is 13.0. The first kappa shape index (κ1) is 31.9. The zero-order valence-corrected chi connectivity index (χ0v) is 30.3. The third kappa shape index (κ3) is 5.29. The van der Waals surface area contributed by atoms with Gasteiger partial charge in [0.2, 0.25) is 0 Å². The summed E-state index contributed by atoms with van der Waals surface area (Å²) in [6, 6.07) is 68.1. The predicted octanol–water partition coefficient (Wildman–Crippen LogP) is 12.7. The van der Waals surface area contributed by atoms with Gasteiger partial charge < -0.3 is 9.13 Å². The van der Waals surface area contributed by atoms with Crippen LogP contribution in [0.1, 0.15) is 0 Å². The molecule has 262 valence electrons. The first-order valence-electron chi connectivity index (χ1n) is 18.9. The molecule has 11 aromatic rings. The number of aromatic nitrogens is 5. The van der Waals surface area contributed by atoms with E-state index in [0.717, 1.165) is 78.0 Å². The maximum atomic E-state index is 5.14. The molecule has 0 radical (unpaired) electrons. The van der Waals surface area contributed by atoms with E-state index in [9.17, 15) is 0 Å². The number of hydrogen-bond donors (Lipinski definition) is 0. The highest BCUT2D eigenvalue weighted by atomic mass is 15.0. The lowest BCUT2D eigenvalue weighted by Gasteiger charge is -2.13. The minimum Gasteiger partial charge on any atom is -0.309 e. The summed E-state index contributed by atoms with van der Waals surface area (Å²) in [5.74, 6) is 0.697. The van der Waals surface area contributed by atoms with Crippen molar-refractivity contribution in [2.45, 2.75) is 0 Å². The molecule has 0 saturated heterocycles. The molecule has 4 aromatic heterocycles. The van der Waals surface area contributed by atoms with Crippen molar-refractivity contribution in [3.8, 4) is 56.5 Å². The van der Waals surface area contributed by atoms with Crippen molar-refractivity contribution in [1.82, 2.24) is 24.1 Å². The number of pyridine rings is 1. The summed E-state index contributed by atoms with van der Waals surface area (Å²) in [4.78, 5) is 15.3.